The van der Waals surface area contributed by atoms with Crippen LogP contribution in [0.25, 0.3) is 0 Å². The zero-order valence-electron chi connectivity index (χ0n) is 13.2. The molecule has 0 radical (unpaired) electrons. The van der Waals surface area contributed by atoms with Crippen molar-refractivity contribution in [3.8, 4) is 0 Å². The minimum absolute atomic E-state index is 0.167. The van der Waals surface area contributed by atoms with Gasteiger partial charge in [-0.05, 0) is 12.8 Å². The van der Waals surface area contributed by atoms with Gasteiger partial charge in [-0.1, -0.05) is 26.7 Å². The van der Waals surface area contributed by atoms with Crippen LogP contribution in [0.15, 0.2) is 6.20 Å². The van der Waals surface area contributed by atoms with E-state index < -0.39 is 0 Å². The van der Waals surface area contributed by atoms with E-state index in [1.165, 1.54) is 11.3 Å². The summed E-state index contributed by atoms with van der Waals surface area (Å²) < 4.78 is 7.42. The summed E-state index contributed by atoms with van der Waals surface area (Å²) in [6, 6.07) is 0. The molecule has 5 nitrogen and oxygen atoms in total. The maximum Gasteiger partial charge on any atom is 0.223 e. The first kappa shape index (κ1) is 16.0. The largest absolute Gasteiger partial charge is 0.376 e. The maximum absolute atomic E-state index is 12.2. The standard InChI is InChI=1S/C16H27N3O2/c1-3-5-13(6-4-2)16(20)17-8-9-19-15-7-10-21-12-14(15)11-18-19/h11,13H,3-10,12H2,1-2H3,(H,17,20). The van der Waals surface area contributed by atoms with Crippen LogP contribution in [0.5, 0.6) is 0 Å². The first-order chi connectivity index (χ1) is 10.3. The van der Waals surface area contributed by atoms with Gasteiger partial charge in [0.15, 0.2) is 0 Å². The molecule has 1 N–H and O–H groups in total. The summed E-state index contributed by atoms with van der Waals surface area (Å²) in [7, 11) is 0. The molecule has 1 aromatic heterocycles. The van der Waals surface area contributed by atoms with Gasteiger partial charge in [-0.15, -0.1) is 0 Å². The highest BCUT2D eigenvalue weighted by atomic mass is 16.5. The third-order valence-electron chi connectivity index (χ3n) is 4.04. The van der Waals surface area contributed by atoms with Crippen molar-refractivity contribution in [2.45, 2.75) is 59.1 Å². The average Bonchev–Trinajstić information content (AvgIpc) is 2.90. The Hall–Kier alpha value is -1.36. The number of nitrogens with one attached hydrogen (secondary N) is 1. The van der Waals surface area contributed by atoms with Gasteiger partial charge in [-0.3, -0.25) is 9.48 Å². The van der Waals surface area contributed by atoms with E-state index in [2.05, 4.69) is 24.3 Å². The fraction of sp³-hybridized carbons (Fsp3) is 0.750. The lowest BCUT2D eigenvalue weighted by Gasteiger charge is -2.17. The fourth-order valence-corrected chi connectivity index (χ4v) is 2.94. The quantitative estimate of drug-likeness (QED) is 0.800. The van der Waals surface area contributed by atoms with Crippen molar-refractivity contribution in [2.75, 3.05) is 13.2 Å². The lowest BCUT2D eigenvalue weighted by atomic mass is 9.97. The van der Waals surface area contributed by atoms with Crippen LogP contribution < -0.4 is 5.32 Å². The van der Waals surface area contributed by atoms with Crippen LogP contribution in [0.4, 0.5) is 0 Å². The molecule has 1 aromatic rings. The average molecular weight is 293 g/mol. The highest BCUT2D eigenvalue weighted by Crippen LogP contribution is 2.16. The second-order valence-corrected chi connectivity index (χ2v) is 5.71. The summed E-state index contributed by atoms with van der Waals surface area (Å²) in [5, 5.41) is 7.46. The highest BCUT2D eigenvalue weighted by molar-refractivity contribution is 5.78. The zero-order valence-corrected chi connectivity index (χ0v) is 13.2. The third kappa shape index (κ3) is 4.30. The second kappa shape index (κ2) is 8.17. The Labute approximate surface area is 127 Å². The summed E-state index contributed by atoms with van der Waals surface area (Å²) in [6.07, 6.45) is 6.88. The number of carbonyl (C=O) groups is 1. The topological polar surface area (TPSA) is 56.2 Å². The van der Waals surface area contributed by atoms with Gasteiger partial charge in [0.1, 0.15) is 0 Å². The number of amides is 1. The minimum atomic E-state index is 0.167. The number of fused-ring (bicyclic) bond motifs is 1. The Morgan fingerprint density at radius 3 is 2.90 bits per heavy atom. The molecule has 0 aromatic carbocycles. The minimum Gasteiger partial charge on any atom is -0.376 e. The first-order valence-electron chi connectivity index (χ1n) is 8.15. The summed E-state index contributed by atoms with van der Waals surface area (Å²) in [5.74, 6) is 0.364. The van der Waals surface area contributed by atoms with E-state index in [4.69, 9.17) is 4.74 Å². The Morgan fingerprint density at radius 2 is 2.19 bits per heavy atom. The monoisotopic (exact) mass is 293 g/mol. The van der Waals surface area contributed by atoms with Crippen molar-refractivity contribution in [1.82, 2.24) is 15.1 Å². The molecule has 21 heavy (non-hydrogen) atoms. The van der Waals surface area contributed by atoms with Crippen LogP contribution in [0.2, 0.25) is 0 Å². The molecule has 1 aliphatic heterocycles. The van der Waals surface area contributed by atoms with Crippen LogP contribution in [0.3, 0.4) is 0 Å². The van der Waals surface area contributed by atoms with E-state index in [0.717, 1.165) is 45.3 Å². The van der Waals surface area contributed by atoms with E-state index in [-0.39, 0.29) is 11.8 Å². The summed E-state index contributed by atoms with van der Waals surface area (Å²) in [6.45, 7) is 7.09. The molecule has 0 aliphatic carbocycles. The Bertz CT molecular complexity index is 450. The molecule has 2 rings (SSSR count). The van der Waals surface area contributed by atoms with E-state index in [1.54, 1.807) is 0 Å². The molecule has 0 saturated carbocycles. The smallest absolute Gasteiger partial charge is 0.223 e. The van der Waals surface area contributed by atoms with Crippen molar-refractivity contribution in [3.05, 3.63) is 17.5 Å². The van der Waals surface area contributed by atoms with Gasteiger partial charge >= 0.3 is 0 Å². The Morgan fingerprint density at radius 1 is 1.43 bits per heavy atom. The number of carbonyl (C=O) groups excluding carboxylic acids is 1. The SMILES string of the molecule is CCCC(CCC)C(=O)NCCn1ncc2c1CCOC2. The van der Waals surface area contributed by atoms with Gasteiger partial charge in [-0.2, -0.15) is 5.10 Å². The number of hydrogen-bond donors (Lipinski definition) is 1. The molecular formula is C16H27N3O2. The predicted molar refractivity (Wildman–Crippen MR) is 81.9 cm³/mol. The van der Waals surface area contributed by atoms with Crippen molar-refractivity contribution >= 4 is 5.91 Å². The number of hydrogen-bond acceptors (Lipinski definition) is 3. The highest BCUT2D eigenvalue weighted by Gasteiger charge is 2.17. The molecule has 0 unspecified atom stereocenters. The van der Waals surface area contributed by atoms with Gasteiger partial charge in [0, 0.05) is 30.1 Å². The Kier molecular flexibility index (Phi) is 6.23. The lowest BCUT2D eigenvalue weighted by Crippen LogP contribution is -2.33. The maximum atomic E-state index is 12.2. The van der Waals surface area contributed by atoms with Crippen LogP contribution in [-0.4, -0.2) is 28.8 Å². The molecule has 5 heteroatoms. The first-order valence-corrected chi connectivity index (χ1v) is 8.15. The van der Waals surface area contributed by atoms with Gasteiger partial charge < -0.3 is 10.1 Å². The molecule has 0 saturated heterocycles. The molecule has 0 bridgehead atoms. The van der Waals surface area contributed by atoms with Gasteiger partial charge in [0.25, 0.3) is 0 Å². The van der Waals surface area contributed by atoms with Crippen LogP contribution in [0.1, 0.15) is 50.8 Å². The normalized spacial score (nSPS) is 14.2. The fourth-order valence-electron chi connectivity index (χ4n) is 2.94. The van der Waals surface area contributed by atoms with Gasteiger partial charge in [0.2, 0.25) is 5.91 Å². The Balaban J connectivity index is 1.80. The van der Waals surface area contributed by atoms with E-state index in [0.29, 0.717) is 13.2 Å². The van der Waals surface area contributed by atoms with Crippen molar-refractivity contribution < 1.29 is 9.53 Å². The van der Waals surface area contributed by atoms with Crippen molar-refractivity contribution in [1.29, 1.82) is 0 Å². The molecule has 118 valence electrons. The number of rotatable bonds is 8. The third-order valence-corrected chi connectivity index (χ3v) is 4.04. The molecule has 0 atom stereocenters. The molecule has 1 aliphatic rings. The van der Waals surface area contributed by atoms with E-state index >= 15 is 0 Å². The molecule has 1 amide bonds. The summed E-state index contributed by atoms with van der Waals surface area (Å²) in [4.78, 5) is 12.2. The van der Waals surface area contributed by atoms with Crippen molar-refractivity contribution in [2.24, 2.45) is 5.92 Å². The van der Waals surface area contributed by atoms with Gasteiger partial charge in [0.05, 0.1) is 26.0 Å². The summed E-state index contributed by atoms with van der Waals surface area (Å²) >= 11 is 0. The zero-order chi connectivity index (χ0) is 15.1. The van der Waals surface area contributed by atoms with E-state index in [9.17, 15) is 4.79 Å². The lowest BCUT2D eigenvalue weighted by molar-refractivity contribution is -0.125. The number of nitrogens with zero attached hydrogens (tertiary/aromatic N) is 2. The number of aromatic nitrogens is 2. The van der Waals surface area contributed by atoms with Crippen molar-refractivity contribution in [3.63, 3.8) is 0 Å². The molecule has 2 heterocycles. The number of ether oxygens (including phenoxy) is 1. The molecule has 0 fully saturated rings. The van der Waals surface area contributed by atoms with Crippen LogP contribution in [0, 0.1) is 5.92 Å². The van der Waals surface area contributed by atoms with Gasteiger partial charge in [-0.25, -0.2) is 0 Å². The van der Waals surface area contributed by atoms with E-state index in [1.807, 2.05) is 10.9 Å². The summed E-state index contributed by atoms with van der Waals surface area (Å²) in [5.41, 5.74) is 2.44. The van der Waals surface area contributed by atoms with Crippen LogP contribution >= 0.6 is 0 Å². The van der Waals surface area contributed by atoms with Crippen LogP contribution in [-0.2, 0) is 29.1 Å². The second-order valence-electron chi connectivity index (χ2n) is 5.71. The predicted octanol–water partition coefficient (Wildman–Crippen LogP) is 2.29. The molecule has 0 spiro atoms. The molecular weight excluding hydrogens is 266 g/mol.